The number of hydrogen-bond acceptors (Lipinski definition) is 3. The molecular weight excluding hydrogens is 254 g/mol. The molecule has 0 spiro atoms. The van der Waals surface area contributed by atoms with Crippen molar-refractivity contribution >= 4 is 27.3 Å². The van der Waals surface area contributed by atoms with E-state index in [0.29, 0.717) is 5.69 Å². The summed E-state index contributed by atoms with van der Waals surface area (Å²) < 4.78 is 0.911. The number of aromatic nitrogens is 1. The fourth-order valence-corrected chi connectivity index (χ4v) is 1.58. The molecule has 15 heavy (non-hydrogen) atoms. The van der Waals surface area contributed by atoms with Gasteiger partial charge in [-0.3, -0.25) is 4.98 Å². The van der Waals surface area contributed by atoms with Crippen molar-refractivity contribution in [1.29, 1.82) is 0 Å². The zero-order valence-corrected chi connectivity index (χ0v) is 11.1. The summed E-state index contributed by atoms with van der Waals surface area (Å²) in [6.45, 7) is 7.54. The van der Waals surface area contributed by atoms with Crippen LogP contribution in [0.5, 0.6) is 0 Å². The molecule has 0 aromatic carbocycles. The van der Waals surface area contributed by atoms with Crippen molar-refractivity contribution < 1.29 is 0 Å². The third-order valence-electron chi connectivity index (χ3n) is 2.63. The molecule has 0 saturated carbocycles. The Bertz CT molecular complexity index is 316. The zero-order chi connectivity index (χ0) is 11.5. The minimum absolute atomic E-state index is 0.273. The van der Waals surface area contributed by atoms with Crippen molar-refractivity contribution in [2.45, 2.75) is 27.2 Å². The summed E-state index contributed by atoms with van der Waals surface area (Å²) in [6.07, 6.45) is 4.53. The van der Waals surface area contributed by atoms with Crippen molar-refractivity contribution in [3.63, 3.8) is 0 Å². The van der Waals surface area contributed by atoms with Crippen LogP contribution in [-0.2, 0) is 0 Å². The van der Waals surface area contributed by atoms with Gasteiger partial charge in [-0.15, -0.1) is 0 Å². The maximum Gasteiger partial charge on any atom is 0.0750 e. The minimum Gasteiger partial charge on any atom is -0.396 e. The van der Waals surface area contributed by atoms with Crippen LogP contribution >= 0.6 is 15.9 Å². The van der Waals surface area contributed by atoms with E-state index in [2.05, 4.69) is 47.0 Å². The fraction of sp³-hybridized carbons (Fsp3) is 0.545. The van der Waals surface area contributed by atoms with Crippen LogP contribution in [0.4, 0.5) is 11.4 Å². The predicted octanol–water partition coefficient (Wildman–Crippen LogP) is 3.27. The number of rotatable bonds is 4. The third-order valence-corrected chi connectivity index (χ3v) is 3.23. The van der Waals surface area contributed by atoms with Crippen LogP contribution in [0.15, 0.2) is 16.9 Å². The van der Waals surface area contributed by atoms with Crippen molar-refractivity contribution in [3.05, 3.63) is 16.9 Å². The first-order chi connectivity index (χ1) is 6.96. The molecule has 0 bridgehead atoms. The Hall–Kier alpha value is -0.770. The minimum atomic E-state index is 0.273. The second-order valence-electron chi connectivity index (χ2n) is 4.46. The lowest BCUT2D eigenvalue weighted by atomic mass is 9.90. The molecule has 0 aliphatic carbocycles. The van der Waals surface area contributed by atoms with Gasteiger partial charge < -0.3 is 11.1 Å². The molecule has 0 atom stereocenters. The van der Waals surface area contributed by atoms with Gasteiger partial charge in [-0.05, 0) is 27.8 Å². The summed E-state index contributed by atoms with van der Waals surface area (Å²) >= 11 is 3.43. The average Bonchev–Trinajstić information content (AvgIpc) is 2.17. The summed E-state index contributed by atoms with van der Waals surface area (Å²) in [6, 6.07) is 0. The number of pyridine rings is 1. The SMILES string of the molecule is CCC(C)(C)CNc1c(N)cncc1Br. The van der Waals surface area contributed by atoms with Crippen LogP contribution in [0.3, 0.4) is 0 Å². The molecule has 4 heteroatoms. The van der Waals surface area contributed by atoms with E-state index < -0.39 is 0 Å². The Morgan fingerprint density at radius 2 is 2.13 bits per heavy atom. The van der Waals surface area contributed by atoms with Gasteiger partial charge in [0.05, 0.1) is 22.0 Å². The average molecular weight is 272 g/mol. The monoisotopic (exact) mass is 271 g/mol. The van der Waals surface area contributed by atoms with Crippen LogP contribution in [0.2, 0.25) is 0 Å². The maximum absolute atomic E-state index is 5.84. The van der Waals surface area contributed by atoms with Crippen molar-refractivity contribution in [2.75, 3.05) is 17.6 Å². The molecule has 3 N–H and O–H groups in total. The van der Waals surface area contributed by atoms with Crippen molar-refractivity contribution in [2.24, 2.45) is 5.41 Å². The van der Waals surface area contributed by atoms with E-state index in [1.807, 2.05) is 0 Å². The molecule has 0 unspecified atom stereocenters. The van der Waals surface area contributed by atoms with Crippen LogP contribution in [0.1, 0.15) is 27.2 Å². The Labute approximate surface area is 99.6 Å². The summed E-state index contributed by atoms with van der Waals surface area (Å²) in [4.78, 5) is 4.00. The number of anilines is 2. The number of nitrogen functional groups attached to an aromatic ring is 1. The van der Waals surface area contributed by atoms with Gasteiger partial charge in [0, 0.05) is 12.7 Å². The lowest BCUT2D eigenvalue weighted by Gasteiger charge is -2.24. The van der Waals surface area contributed by atoms with Gasteiger partial charge in [-0.1, -0.05) is 20.8 Å². The number of nitrogens with two attached hydrogens (primary N) is 1. The molecule has 0 aliphatic heterocycles. The predicted molar refractivity (Wildman–Crippen MR) is 68.9 cm³/mol. The highest BCUT2D eigenvalue weighted by Crippen LogP contribution is 2.29. The molecule has 0 saturated heterocycles. The second kappa shape index (κ2) is 4.84. The van der Waals surface area contributed by atoms with Gasteiger partial charge in [-0.25, -0.2) is 0 Å². The molecule has 0 fully saturated rings. The Kier molecular flexibility index (Phi) is 3.97. The Morgan fingerprint density at radius 1 is 1.47 bits per heavy atom. The summed E-state index contributed by atoms with van der Waals surface area (Å²) in [5, 5.41) is 3.36. The molecule has 1 aromatic heterocycles. The molecule has 0 amide bonds. The van der Waals surface area contributed by atoms with Crippen LogP contribution in [0.25, 0.3) is 0 Å². The van der Waals surface area contributed by atoms with Crippen LogP contribution in [0, 0.1) is 5.41 Å². The lowest BCUT2D eigenvalue weighted by molar-refractivity contribution is 0.377. The summed E-state index contributed by atoms with van der Waals surface area (Å²) in [5.74, 6) is 0. The normalized spacial score (nSPS) is 11.5. The molecule has 1 heterocycles. The van der Waals surface area contributed by atoms with E-state index >= 15 is 0 Å². The largest absolute Gasteiger partial charge is 0.396 e. The van der Waals surface area contributed by atoms with Crippen molar-refractivity contribution in [1.82, 2.24) is 4.98 Å². The molecular formula is C11H18BrN3. The number of nitrogens with zero attached hydrogens (tertiary/aromatic N) is 1. The van der Waals surface area contributed by atoms with Gasteiger partial charge in [0.1, 0.15) is 0 Å². The van der Waals surface area contributed by atoms with Gasteiger partial charge in [0.15, 0.2) is 0 Å². The van der Waals surface area contributed by atoms with Crippen LogP contribution in [-0.4, -0.2) is 11.5 Å². The first-order valence-corrected chi connectivity index (χ1v) is 5.88. The fourth-order valence-electron chi connectivity index (χ4n) is 1.09. The van der Waals surface area contributed by atoms with E-state index in [4.69, 9.17) is 5.73 Å². The van der Waals surface area contributed by atoms with Gasteiger partial charge >= 0.3 is 0 Å². The first kappa shape index (κ1) is 12.3. The van der Waals surface area contributed by atoms with E-state index in [1.165, 1.54) is 0 Å². The topological polar surface area (TPSA) is 50.9 Å². The standard InChI is InChI=1S/C11H18BrN3/c1-4-11(2,3)7-15-10-8(12)5-14-6-9(10)13/h5-6H,4,7,13H2,1-3H3,(H,14,15). The van der Waals surface area contributed by atoms with E-state index in [9.17, 15) is 0 Å². The smallest absolute Gasteiger partial charge is 0.0750 e. The number of nitrogens with one attached hydrogen (secondary N) is 1. The van der Waals surface area contributed by atoms with Crippen molar-refractivity contribution in [3.8, 4) is 0 Å². The lowest BCUT2D eigenvalue weighted by Crippen LogP contribution is -2.22. The summed E-state index contributed by atoms with van der Waals surface area (Å²) in [7, 11) is 0. The molecule has 1 aromatic rings. The first-order valence-electron chi connectivity index (χ1n) is 5.09. The molecule has 1 rings (SSSR count). The zero-order valence-electron chi connectivity index (χ0n) is 9.47. The van der Waals surface area contributed by atoms with E-state index in [1.54, 1.807) is 12.4 Å². The van der Waals surface area contributed by atoms with E-state index in [-0.39, 0.29) is 5.41 Å². The third kappa shape index (κ3) is 3.38. The van der Waals surface area contributed by atoms with E-state index in [0.717, 1.165) is 23.1 Å². The highest BCUT2D eigenvalue weighted by atomic mass is 79.9. The van der Waals surface area contributed by atoms with Gasteiger partial charge in [0.2, 0.25) is 0 Å². The van der Waals surface area contributed by atoms with Gasteiger partial charge in [0.25, 0.3) is 0 Å². The number of hydrogen-bond donors (Lipinski definition) is 2. The highest BCUT2D eigenvalue weighted by Gasteiger charge is 2.15. The molecule has 0 radical (unpaired) electrons. The Morgan fingerprint density at radius 3 is 2.67 bits per heavy atom. The number of halogens is 1. The highest BCUT2D eigenvalue weighted by molar-refractivity contribution is 9.10. The molecule has 0 aliphatic rings. The maximum atomic E-state index is 5.84. The molecule has 3 nitrogen and oxygen atoms in total. The Balaban J connectivity index is 2.73. The summed E-state index contributed by atoms with van der Waals surface area (Å²) in [5.41, 5.74) is 7.72. The van der Waals surface area contributed by atoms with Crippen LogP contribution < -0.4 is 11.1 Å². The molecule has 84 valence electrons. The second-order valence-corrected chi connectivity index (χ2v) is 5.31. The quantitative estimate of drug-likeness (QED) is 0.884. The van der Waals surface area contributed by atoms with Gasteiger partial charge in [-0.2, -0.15) is 0 Å².